The first kappa shape index (κ1) is 10.6. The average molecular weight is 223 g/mol. The van der Waals surface area contributed by atoms with E-state index in [1.807, 2.05) is 0 Å². The van der Waals surface area contributed by atoms with Crippen LogP contribution in [0.4, 0.5) is 0 Å². The molecule has 3 unspecified atom stereocenters. The summed E-state index contributed by atoms with van der Waals surface area (Å²) in [5.41, 5.74) is 0. The number of carbonyl (C=O) groups excluding carboxylic acids is 1. The molecule has 90 valence electrons. The Balaban J connectivity index is 1.33. The monoisotopic (exact) mass is 223 g/mol. The number of hydrogen-bond acceptors (Lipinski definition) is 2. The summed E-state index contributed by atoms with van der Waals surface area (Å²) in [4.78, 5) is 11.8. The van der Waals surface area contributed by atoms with Crippen LogP contribution in [0.2, 0.25) is 0 Å². The fourth-order valence-corrected chi connectivity index (χ4v) is 3.28. The van der Waals surface area contributed by atoms with Crippen molar-refractivity contribution in [2.75, 3.05) is 19.8 Å². The smallest absolute Gasteiger partial charge is 0.223 e. The quantitative estimate of drug-likeness (QED) is 0.785. The second-order valence-corrected chi connectivity index (χ2v) is 5.73. The van der Waals surface area contributed by atoms with E-state index in [0.717, 1.165) is 50.9 Å². The molecule has 3 heteroatoms. The minimum absolute atomic E-state index is 0.311. The molecule has 2 saturated carbocycles. The standard InChI is InChI=1S/C13H21NO2/c15-13(12-6-10-5-11(10)7-12)14-3-1-9-2-4-16-8-9/h9-12H,1-8H2,(H,14,15). The molecule has 0 spiro atoms. The maximum absolute atomic E-state index is 11.8. The van der Waals surface area contributed by atoms with Crippen molar-refractivity contribution in [2.24, 2.45) is 23.7 Å². The summed E-state index contributed by atoms with van der Waals surface area (Å²) in [6.07, 6.45) is 5.96. The van der Waals surface area contributed by atoms with Crippen molar-refractivity contribution in [3.05, 3.63) is 0 Å². The van der Waals surface area contributed by atoms with Gasteiger partial charge in [0.15, 0.2) is 0 Å². The summed E-state index contributed by atoms with van der Waals surface area (Å²) >= 11 is 0. The second kappa shape index (κ2) is 4.36. The topological polar surface area (TPSA) is 38.3 Å². The number of ether oxygens (including phenoxy) is 1. The lowest BCUT2D eigenvalue weighted by molar-refractivity contribution is -0.125. The molecule has 3 fully saturated rings. The molecule has 1 amide bonds. The van der Waals surface area contributed by atoms with Gasteiger partial charge >= 0.3 is 0 Å². The highest BCUT2D eigenvalue weighted by Gasteiger charge is 2.47. The summed E-state index contributed by atoms with van der Waals surface area (Å²) < 4.78 is 5.32. The normalized spacial score (nSPS) is 40.8. The fraction of sp³-hybridized carbons (Fsp3) is 0.923. The summed E-state index contributed by atoms with van der Waals surface area (Å²) in [5, 5.41) is 3.10. The number of fused-ring (bicyclic) bond motifs is 1. The lowest BCUT2D eigenvalue weighted by Crippen LogP contribution is -2.31. The van der Waals surface area contributed by atoms with Crippen LogP contribution in [0, 0.1) is 23.7 Å². The third kappa shape index (κ3) is 2.24. The number of carbonyl (C=O) groups is 1. The van der Waals surface area contributed by atoms with Crippen LogP contribution in [-0.2, 0) is 9.53 Å². The number of rotatable bonds is 4. The Kier molecular flexibility index (Phi) is 2.88. The van der Waals surface area contributed by atoms with Crippen molar-refractivity contribution >= 4 is 5.91 Å². The zero-order valence-corrected chi connectivity index (χ0v) is 9.78. The predicted molar refractivity (Wildman–Crippen MR) is 60.9 cm³/mol. The van der Waals surface area contributed by atoms with Crippen LogP contribution in [0.25, 0.3) is 0 Å². The molecule has 1 saturated heterocycles. The SMILES string of the molecule is O=C(NCCC1CCOC1)C1CC2CC2C1. The number of hydrogen-bond donors (Lipinski definition) is 1. The van der Waals surface area contributed by atoms with Crippen molar-refractivity contribution < 1.29 is 9.53 Å². The molecule has 3 nitrogen and oxygen atoms in total. The van der Waals surface area contributed by atoms with Crippen molar-refractivity contribution in [1.29, 1.82) is 0 Å². The largest absolute Gasteiger partial charge is 0.381 e. The van der Waals surface area contributed by atoms with Crippen molar-refractivity contribution in [3.8, 4) is 0 Å². The lowest BCUT2D eigenvalue weighted by Gasteiger charge is -2.13. The van der Waals surface area contributed by atoms with Crippen LogP contribution < -0.4 is 5.32 Å². The van der Waals surface area contributed by atoms with Crippen LogP contribution in [0.1, 0.15) is 32.1 Å². The van der Waals surface area contributed by atoms with E-state index in [-0.39, 0.29) is 0 Å². The minimum atomic E-state index is 0.311. The Hall–Kier alpha value is -0.570. The third-order valence-corrected chi connectivity index (χ3v) is 4.49. The molecule has 3 rings (SSSR count). The molecule has 0 aromatic carbocycles. The van der Waals surface area contributed by atoms with Crippen molar-refractivity contribution in [1.82, 2.24) is 5.32 Å². The van der Waals surface area contributed by atoms with E-state index in [1.54, 1.807) is 0 Å². The summed E-state index contributed by atoms with van der Waals surface area (Å²) in [7, 11) is 0. The molecule has 1 aliphatic heterocycles. The highest BCUT2D eigenvalue weighted by atomic mass is 16.5. The van der Waals surface area contributed by atoms with E-state index < -0.39 is 0 Å². The Morgan fingerprint density at radius 1 is 1.25 bits per heavy atom. The predicted octanol–water partition coefficient (Wildman–Crippen LogP) is 1.58. The van der Waals surface area contributed by atoms with Crippen LogP contribution in [0.5, 0.6) is 0 Å². The van der Waals surface area contributed by atoms with Gasteiger partial charge in [0.1, 0.15) is 0 Å². The molecule has 3 atom stereocenters. The highest BCUT2D eigenvalue weighted by molar-refractivity contribution is 5.79. The summed E-state index contributed by atoms with van der Waals surface area (Å²) in [5.74, 6) is 3.13. The summed E-state index contributed by atoms with van der Waals surface area (Å²) in [6, 6.07) is 0. The van der Waals surface area contributed by atoms with E-state index in [0.29, 0.717) is 17.7 Å². The molecular formula is C13H21NO2. The zero-order chi connectivity index (χ0) is 11.0. The molecule has 0 radical (unpaired) electrons. The molecule has 1 N–H and O–H groups in total. The molecule has 0 aromatic rings. The Morgan fingerprint density at radius 3 is 2.75 bits per heavy atom. The average Bonchev–Trinajstić information content (AvgIpc) is 2.72. The molecule has 1 heterocycles. The molecule has 3 aliphatic rings. The number of amides is 1. The van der Waals surface area contributed by atoms with Gasteiger partial charge in [0.05, 0.1) is 0 Å². The van der Waals surface area contributed by atoms with Gasteiger partial charge in [-0.25, -0.2) is 0 Å². The molecular weight excluding hydrogens is 202 g/mol. The van der Waals surface area contributed by atoms with E-state index >= 15 is 0 Å². The van der Waals surface area contributed by atoms with E-state index in [2.05, 4.69) is 5.32 Å². The minimum Gasteiger partial charge on any atom is -0.381 e. The maximum Gasteiger partial charge on any atom is 0.223 e. The lowest BCUT2D eigenvalue weighted by atomic mass is 10.0. The highest BCUT2D eigenvalue weighted by Crippen LogP contribution is 2.54. The van der Waals surface area contributed by atoms with E-state index in [4.69, 9.17) is 4.74 Å². The second-order valence-electron chi connectivity index (χ2n) is 5.73. The van der Waals surface area contributed by atoms with Gasteiger partial charge < -0.3 is 10.1 Å². The Morgan fingerprint density at radius 2 is 2.06 bits per heavy atom. The fourth-order valence-electron chi connectivity index (χ4n) is 3.28. The Labute approximate surface area is 96.9 Å². The van der Waals surface area contributed by atoms with E-state index in [1.165, 1.54) is 12.8 Å². The molecule has 0 bridgehead atoms. The van der Waals surface area contributed by atoms with Crippen molar-refractivity contribution in [2.45, 2.75) is 32.1 Å². The zero-order valence-electron chi connectivity index (χ0n) is 9.78. The van der Waals surface area contributed by atoms with Gasteiger partial charge in [0.25, 0.3) is 0 Å². The molecule has 2 aliphatic carbocycles. The van der Waals surface area contributed by atoms with Crippen molar-refractivity contribution in [3.63, 3.8) is 0 Å². The van der Waals surface area contributed by atoms with Crippen LogP contribution in [0.15, 0.2) is 0 Å². The van der Waals surface area contributed by atoms with Crippen LogP contribution in [0.3, 0.4) is 0 Å². The van der Waals surface area contributed by atoms with Gasteiger partial charge in [0.2, 0.25) is 5.91 Å². The van der Waals surface area contributed by atoms with E-state index in [9.17, 15) is 4.79 Å². The van der Waals surface area contributed by atoms with Gasteiger partial charge in [-0.15, -0.1) is 0 Å². The first-order valence-corrected chi connectivity index (χ1v) is 6.68. The van der Waals surface area contributed by atoms with Gasteiger partial charge in [-0.3, -0.25) is 4.79 Å². The summed E-state index contributed by atoms with van der Waals surface area (Å²) in [6.45, 7) is 2.65. The Bertz CT molecular complexity index is 263. The van der Waals surface area contributed by atoms with Gasteiger partial charge in [-0.2, -0.15) is 0 Å². The first-order chi connectivity index (χ1) is 7.83. The van der Waals surface area contributed by atoms with Crippen LogP contribution in [-0.4, -0.2) is 25.7 Å². The van der Waals surface area contributed by atoms with Gasteiger partial charge in [-0.05, 0) is 49.9 Å². The number of nitrogens with one attached hydrogen (secondary N) is 1. The maximum atomic E-state index is 11.8. The van der Waals surface area contributed by atoms with Gasteiger partial charge in [-0.1, -0.05) is 0 Å². The van der Waals surface area contributed by atoms with Crippen LogP contribution >= 0.6 is 0 Å². The molecule has 0 aromatic heterocycles. The third-order valence-electron chi connectivity index (χ3n) is 4.49. The molecule has 16 heavy (non-hydrogen) atoms. The first-order valence-electron chi connectivity index (χ1n) is 6.68. The van der Waals surface area contributed by atoms with Gasteiger partial charge in [0, 0.05) is 25.7 Å².